The van der Waals surface area contributed by atoms with E-state index in [0.29, 0.717) is 5.56 Å². The van der Waals surface area contributed by atoms with E-state index in [2.05, 4.69) is 10.6 Å². The van der Waals surface area contributed by atoms with Crippen molar-refractivity contribution in [1.29, 1.82) is 0 Å². The monoisotopic (exact) mass is 370 g/mol. The van der Waals surface area contributed by atoms with Gasteiger partial charge in [-0.15, -0.1) is 6.42 Å². The molecule has 0 aliphatic rings. The van der Waals surface area contributed by atoms with E-state index in [1.54, 1.807) is 11.9 Å². The largest absolute Gasteiger partial charge is 0.335 e. The molecule has 5 nitrogen and oxygen atoms in total. The summed E-state index contributed by atoms with van der Waals surface area (Å²) in [6, 6.07) is 13.7. The fourth-order valence-corrected chi connectivity index (χ4v) is 3.38. The van der Waals surface area contributed by atoms with Crippen LogP contribution in [-0.4, -0.2) is 32.8 Å². The zero-order valence-corrected chi connectivity index (χ0v) is 15.9. The molecule has 0 bridgehead atoms. The number of nitrogens with zero attached hydrogens (tertiary/aromatic N) is 1. The minimum Gasteiger partial charge on any atom is -0.335 e. The fourth-order valence-electron chi connectivity index (χ4n) is 2.44. The number of nitrogens with one attached hydrogen (secondary N) is 1. The average Bonchev–Trinajstić information content (AvgIpc) is 2.65. The number of sulfonamides is 1. The van der Waals surface area contributed by atoms with Gasteiger partial charge in [-0.25, -0.2) is 8.42 Å². The average molecular weight is 370 g/mol. The summed E-state index contributed by atoms with van der Waals surface area (Å²) in [6.45, 7) is 3.88. The molecule has 1 amide bonds. The van der Waals surface area contributed by atoms with Crippen molar-refractivity contribution < 1.29 is 13.2 Å². The summed E-state index contributed by atoms with van der Waals surface area (Å²) >= 11 is 0. The van der Waals surface area contributed by atoms with Crippen LogP contribution in [0.1, 0.15) is 34.5 Å². The SMILES string of the molecule is C#CCNS(=O)(=O)c1ccc(C(=O)N(C)C(C)c2ccc(C)cc2)cc1. The number of carbonyl (C=O) groups excluding carboxylic acids is 1. The van der Waals surface area contributed by atoms with Crippen molar-refractivity contribution in [2.75, 3.05) is 13.6 Å². The quantitative estimate of drug-likeness (QED) is 0.795. The first-order valence-electron chi connectivity index (χ1n) is 8.13. The van der Waals surface area contributed by atoms with Gasteiger partial charge in [0.15, 0.2) is 0 Å². The fraction of sp³-hybridized carbons (Fsp3) is 0.250. The molecule has 1 atom stereocenters. The number of terminal acetylenes is 1. The summed E-state index contributed by atoms with van der Waals surface area (Å²) < 4.78 is 26.3. The highest BCUT2D eigenvalue weighted by atomic mass is 32.2. The lowest BCUT2D eigenvalue weighted by atomic mass is 10.0. The van der Waals surface area contributed by atoms with Gasteiger partial charge in [-0.1, -0.05) is 35.7 Å². The zero-order chi connectivity index (χ0) is 19.3. The number of hydrogen-bond donors (Lipinski definition) is 1. The maximum absolute atomic E-state index is 12.7. The third-order valence-corrected chi connectivity index (χ3v) is 5.65. The Morgan fingerprint density at radius 3 is 2.27 bits per heavy atom. The Bertz CT molecular complexity index is 911. The zero-order valence-electron chi connectivity index (χ0n) is 15.1. The number of carbonyl (C=O) groups is 1. The summed E-state index contributed by atoms with van der Waals surface area (Å²) in [5.41, 5.74) is 2.61. The Morgan fingerprint density at radius 2 is 1.73 bits per heavy atom. The van der Waals surface area contributed by atoms with Crippen LogP contribution in [0.3, 0.4) is 0 Å². The van der Waals surface area contributed by atoms with Crippen LogP contribution in [0.2, 0.25) is 0 Å². The Balaban J connectivity index is 2.16. The molecule has 1 N–H and O–H groups in total. The summed E-state index contributed by atoms with van der Waals surface area (Å²) in [4.78, 5) is 14.4. The maximum Gasteiger partial charge on any atom is 0.254 e. The normalized spacial score (nSPS) is 12.2. The van der Waals surface area contributed by atoms with Gasteiger partial charge < -0.3 is 4.90 Å². The Kier molecular flexibility index (Phi) is 6.19. The highest BCUT2D eigenvalue weighted by molar-refractivity contribution is 7.89. The van der Waals surface area contributed by atoms with E-state index in [-0.39, 0.29) is 23.4 Å². The molecule has 0 saturated carbocycles. The number of amides is 1. The molecule has 0 radical (unpaired) electrons. The van der Waals surface area contributed by atoms with Gasteiger partial charge in [-0.2, -0.15) is 4.72 Å². The Labute approximate surface area is 155 Å². The molecule has 1 unspecified atom stereocenters. The molecule has 0 aliphatic heterocycles. The highest BCUT2D eigenvalue weighted by Gasteiger charge is 2.20. The van der Waals surface area contributed by atoms with Gasteiger partial charge >= 0.3 is 0 Å². The van der Waals surface area contributed by atoms with Gasteiger partial charge in [0, 0.05) is 12.6 Å². The van der Waals surface area contributed by atoms with Crippen molar-refractivity contribution in [3.63, 3.8) is 0 Å². The molecule has 26 heavy (non-hydrogen) atoms. The molecule has 2 aromatic carbocycles. The third kappa shape index (κ3) is 4.51. The lowest BCUT2D eigenvalue weighted by molar-refractivity contribution is 0.0742. The van der Waals surface area contributed by atoms with E-state index >= 15 is 0 Å². The van der Waals surface area contributed by atoms with E-state index in [1.165, 1.54) is 24.3 Å². The predicted octanol–water partition coefficient (Wildman–Crippen LogP) is 2.74. The number of aryl methyl sites for hydroxylation is 1. The highest BCUT2D eigenvalue weighted by Crippen LogP contribution is 2.21. The van der Waals surface area contributed by atoms with Crippen LogP contribution in [0.5, 0.6) is 0 Å². The molecule has 0 aliphatic carbocycles. The van der Waals surface area contributed by atoms with Gasteiger partial charge in [0.1, 0.15) is 0 Å². The van der Waals surface area contributed by atoms with Crippen molar-refractivity contribution in [2.24, 2.45) is 0 Å². The second-order valence-corrected chi connectivity index (χ2v) is 7.82. The van der Waals surface area contributed by atoms with Crippen LogP contribution in [0.15, 0.2) is 53.4 Å². The lowest BCUT2D eigenvalue weighted by Crippen LogP contribution is -2.29. The smallest absolute Gasteiger partial charge is 0.254 e. The van der Waals surface area contributed by atoms with Gasteiger partial charge in [-0.3, -0.25) is 4.79 Å². The van der Waals surface area contributed by atoms with Gasteiger partial charge in [0.2, 0.25) is 10.0 Å². The molecule has 0 spiro atoms. The first-order valence-corrected chi connectivity index (χ1v) is 9.61. The van der Waals surface area contributed by atoms with E-state index < -0.39 is 10.0 Å². The first-order chi connectivity index (χ1) is 12.3. The van der Waals surface area contributed by atoms with Gasteiger partial charge in [0.05, 0.1) is 17.5 Å². The van der Waals surface area contributed by atoms with Crippen LogP contribution >= 0.6 is 0 Å². The van der Waals surface area contributed by atoms with Crippen molar-refractivity contribution >= 4 is 15.9 Å². The molecule has 0 fully saturated rings. The van der Waals surface area contributed by atoms with Crippen LogP contribution in [-0.2, 0) is 10.0 Å². The van der Waals surface area contributed by atoms with Crippen molar-refractivity contribution in [1.82, 2.24) is 9.62 Å². The Morgan fingerprint density at radius 1 is 1.15 bits per heavy atom. The molecular formula is C20H22N2O3S. The Hall–Kier alpha value is -2.62. The maximum atomic E-state index is 12.7. The summed E-state index contributed by atoms with van der Waals surface area (Å²) in [5, 5.41) is 0. The van der Waals surface area contributed by atoms with Crippen molar-refractivity contribution in [3.05, 3.63) is 65.2 Å². The van der Waals surface area contributed by atoms with Crippen LogP contribution < -0.4 is 4.72 Å². The topological polar surface area (TPSA) is 66.5 Å². The second kappa shape index (κ2) is 8.17. The van der Waals surface area contributed by atoms with Crippen LogP contribution in [0.25, 0.3) is 0 Å². The standard InChI is InChI=1S/C20H22N2O3S/c1-5-14-21-26(24,25)19-12-10-18(11-13-19)20(23)22(4)16(3)17-8-6-15(2)7-9-17/h1,6-13,16,21H,14H2,2-4H3. The molecule has 2 rings (SSSR count). The lowest BCUT2D eigenvalue weighted by Gasteiger charge is -2.25. The predicted molar refractivity (Wildman–Crippen MR) is 102 cm³/mol. The van der Waals surface area contributed by atoms with Crippen LogP contribution in [0, 0.1) is 19.3 Å². The van der Waals surface area contributed by atoms with Crippen molar-refractivity contribution in [3.8, 4) is 12.3 Å². The first kappa shape index (κ1) is 19.7. The molecule has 6 heteroatoms. The summed E-state index contributed by atoms with van der Waals surface area (Å²) in [5.74, 6) is 2.04. The molecule has 0 aromatic heterocycles. The minimum atomic E-state index is -3.67. The molecular weight excluding hydrogens is 348 g/mol. The molecule has 0 saturated heterocycles. The molecule has 2 aromatic rings. The summed E-state index contributed by atoms with van der Waals surface area (Å²) in [6.07, 6.45) is 5.07. The molecule has 136 valence electrons. The van der Waals surface area contributed by atoms with E-state index in [4.69, 9.17) is 6.42 Å². The van der Waals surface area contributed by atoms with E-state index in [0.717, 1.165) is 11.1 Å². The third-order valence-electron chi connectivity index (χ3n) is 4.24. The minimum absolute atomic E-state index is 0.0681. The van der Waals surface area contributed by atoms with Crippen LogP contribution in [0.4, 0.5) is 0 Å². The number of hydrogen-bond acceptors (Lipinski definition) is 3. The van der Waals surface area contributed by atoms with Gasteiger partial charge in [0.25, 0.3) is 5.91 Å². The van der Waals surface area contributed by atoms with E-state index in [1.807, 2.05) is 38.1 Å². The number of benzene rings is 2. The second-order valence-electron chi connectivity index (χ2n) is 6.06. The van der Waals surface area contributed by atoms with Crippen molar-refractivity contribution in [2.45, 2.75) is 24.8 Å². The summed E-state index contributed by atoms with van der Waals surface area (Å²) in [7, 11) is -1.94. The van der Waals surface area contributed by atoms with Gasteiger partial charge in [-0.05, 0) is 43.7 Å². The molecule has 0 heterocycles. The number of rotatable bonds is 6. The van der Waals surface area contributed by atoms with E-state index in [9.17, 15) is 13.2 Å².